The molecule has 1 aliphatic rings. The third-order valence-corrected chi connectivity index (χ3v) is 3.74. The lowest BCUT2D eigenvalue weighted by atomic mass is 9.88. The zero-order valence-corrected chi connectivity index (χ0v) is 11.3. The summed E-state index contributed by atoms with van der Waals surface area (Å²) in [5.41, 5.74) is 1.05. The van der Waals surface area contributed by atoms with Crippen molar-refractivity contribution in [2.24, 2.45) is 5.92 Å². The molecular formula is C16H23NO. The van der Waals surface area contributed by atoms with Crippen LogP contribution in [-0.2, 0) is 4.79 Å². The lowest BCUT2D eigenvalue weighted by molar-refractivity contribution is -0.123. The highest BCUT2D eigenvalue weighted by Crippen LogP contribution is 2.27. The fraction of sp³-hybridized carbons (Fsp3) is 0.562. The number of carbonyl (C=O) groups excluding carboxylic acids is 1. The van der Waals surface area contributed by atoms with Crippen molar-refractivity contribution in [3.05, 3.63) is 30.3 Å². The summed E-state index contributed by atoms with van der Waals surface area (Å²) in [7, 11) is 0. The number of amides is 1. The summed E-state index contributed by atoms with van der Waals surface area (Å²) >= 11 is 0. The number of carbonyl (C=O) groups is 1. The molecule has 2 rings (SSSR count). The first-order chi connectivity index (χ1) is 8.83. The van der Waals surface area contributed by atoms with Gasteiger partial charge in [-0.2, -0.15) is 0 Å². The molecule has 2 heteroatoms. The molecule has 18 heavy (non-hydrogen) atoms. The molecule has 0 radical (unpaired) electrons. The third-order valence-electron chi connectivity index (χ3n) is 3.74. The molecule has 0 atom stereocenters. The summed E-state index contributed by atoms with van der Waals surface area (Å²) in [6.45, 7) is 2.96. The van der Waals surface area contributed by atoms with Crippen molar-refractivity contribution in [3.63, 3.8) is 0 Å². The van der Waals surface area contributed by atoms with Crippen molar-refractivity contribution in [2.45, 2.75) is 45.4 Å². The third kappa shape index (κ3) is 3.12. The van der Waals surface area contributed by atoms with Gasteiger partial charge in [-0.05, 0) is 31.4 Å². The van der Waals surface area contributed by atoms with Crippen LogP contribution in [0.4, 0.5) is 5.69 Å². The minimum Gasteiger partial charge on any atom is -0.312 e. The molecule has 0 aliphatic heterocycles. The van der Waals surface area contributed by atoms with E-state index in [2.05, 4.69) is 6.92 Å². The Hall–Kier alpha value is -1.31. The highest BCUT2D eigenvalue weighted by Gasteiger charge is 2.26. The minimum absolute atomic E-state index is 0.255. The monoisotopic (exact) mass is 245 g/mol. The van der Waals surface area contributed by atoms with Crippen molar-refractivity contribution in [3.8, 4) is 0 Å². The van der Waals surface area contributed by atoms with Gasteiger partial charge in [-0.25, -0.2) is 0 Å². The molecule has 2 nitrogen and oxygen atoms in total. The molecule has 1 amide bonds. The molecule has 0 N–H and O–H groups in total. The topological polar surface area (TPSA) is 20.3 Å². The van der Waals surface area contributed by atoms with E-state index < -0.39 is 0 Å². The average Bonchev–Trinajstić information content (AvgIpc) is 2.46. The number of hydrogen-bond donors (Lipinski definition) is 0. The number of anilines is 1. The van der Waals surface area contributed by atoms with Crippen molar-refractivity contribution < 1.29 is 4.79 Å². The smallest absolute Gasteiger partial charge is 0.230 e. The second-order valence-corrected chi connectivity index (χ2v) is 5.16. The van der Waals surface area contributed by atoms with Gasteiger partial charge in [0.1, 0.15) is 0 Å². The van der Waals surface area contributed by atoms with Crippen molar-refractivity contribution in [1.29, 1.82) is 0 Å². The highest BCUT2D eigenvalue weighted by atomic mass is 16.2. The normalized spacial score (nSPS) is 16.5. The van der Waals surface area contributed by atoms with Crippen LogP contribution in [0.1, 0.15) is 45.4 Å². The van der Waals surface area contributed by atoms with E-state index in [4.69, 9.17) is 0 Å². The molecule has 1 aromatic carbocycles. The predicted octanol–water partition coefficient (Wildman–Crippen LogP) is 4.01. The number of para-hydroxylation sites is 1. The quantitative estimate of drug-likeness (QED) is 0.785. The van der Waals surface area contributed by atoms with Gasteiger partial charge in [-0.3, -0.25) is 4.79 Å². The highest BCUT2D eigenvalue weighted by molar-refractivity contribution is 5.95. The Morgan fingerprint density at radius 2 is 1.83 bits per heavy atom. The second-order valence-electron chi connectivity index (χ2n) is 5.16. The Kier molecular flexibility index (Phi) is 4.80. The van der Waals surface area contributed by atoms with Crippen LogP contribution in [0.15, 0.2) is 30.3 Å². The maximum atomic E-state index is 12.6. The Balaban J connectivity index is 2.11. The number of hydrogen-bond acceptors (Lipinski definition) is 1. The van der Waals surface area contributed by atoms with Crippen LogP contribution in [0.25, 0.3) is 0 Å². The summed E-state index contributed by atoms with van der Waals surface area (Å²) < 4.78 is 0. The molecule has 0 spiro atoms. The van der Waals surface area contributed by atoms with Crippen LogP contribution in [0.5, 0.6) is 0 Å². The summed E-state index contributed by atoms with van der Waals surface area (Å²) in [6.07, 6.45) is 6.88. The summed E-state index contributed by atoms with van der Waals surface area (Å²) in [4.78, 5) is 14.6. The van der Waals surface area contributed by atoms with Crippen molar-refractivity contribution in [1.82, 2.24) is 0 Å². The fourth-order valence-electron chi connectivity index (χ4n) is 2.77. The van der Waals surface area contributed by atoms with Gasteiger partial charge in [0.2, 0.25) is 5.91 Å². The first-order valence-electron chi connectivity index (χ1n) is 7.19. The molecule has 0 aromatic heterocycles. The van der Waals surface area contributed by atoms with Crippen LogP contribution < -0.4 is 4.90 Å². The Labute approximate surface area is 110 Å². The molecule has 1 saturated carbocycles. The lowest BCUT2D eigenvalue weighted by Crippen LogP contribution is -2.37. The molecule has 0 saturated heterocycles. The van der Waals surface area contributed by atoms with Crippen molar-refractivity contribution >= 4 is 11.6 Å². The minimum atomic E-state index is 0.255. The first-order valence-corrected chi connectivity index (χ1v) is 7.19. The summed E-state index contributed by atoms with van der Waals surface area (Å²) in [5, 5.41) is 0. The lowest BCUT2D eigenvalue weighted by Gasteiger charge is -2.29. The Morgan fingerprint density at radius 3 is 2.44 bits per heavy atom. The van der Waals surface area contributed by atoms with Gasteiger partial charge in [-0.1, -0.05) is 44.4 Å². The van der Waals surface area contributed by atoms with Gasteiger partial charge < -0.3 is 4.90 Å². The SMILES string of the molecule is CCCN(C(=O)C1CCCCC1)c1ccccc1. The second kappa shape index (κ2) is 6.58. The van der Waals surface area contributed by atoms with Crippen LogP contribution in [-0.4, -0.2) is 12.5 Å². The summed E-state index contributed by atoms with van der Waals surface area (Å²) in [6, 6.07) is 10.1. The van der Waals surface area contributed by atoms with Gasteiger partial charge in [0.15, 0.2) is 0 Å². The van der Waals surface area contributed by atoms with E-state index in [1.807, 2.05) is 35.2 Å². The van der Waals surface area contributed by atoms with E-state index in [0.717, 1.165) is 31.5 Å². The standard InChI is InChI=1S/C16H23NO/c1-2-13-17(15-11-7-4-8-12-15)16(18)14-9-5-3-6-10-14/h4,7-8,11-12,14H,2-3,5-6,9-10,13H2,1H3. The zero-order chi connectivity index (χ0) is 12.8. The maximum absolute atomic E-state index is 12.6. The molecule has 1 aliphatic carbocycles. The Morgan fingerprint density at radius 1 is 1.17 bits per heavy atom. The van der Waals surface area contributed by atoms with E-state index in [0.29, 0.717) is 5.91 Å². The predicted molar refractivity (Wildman–Crippen MR) is 75.7 cm³/mol. The average molecular weight is 245 g/mol. The molecular weight excluding hydrogens is 222 g/mol. The summed E-state index contributed by atoms with van der Waals surface area (Å²) in [5.74, 6) is 0.591. The Bertz CT molecular complexity index is 368. The maximum Gasteiger partial charge on any atom is 0.230 e. The van der Waals surface area contributed by atoms with E-state index in [1.165, 1.54) is 19.3 Å². The molecule has 1 fully saturated rings. The van der Waals surface area contributed by atoms with Gasteiger partial charge in [-0.15, -0.1) is 0 Å². The van der Waals surface area contributed by atoms with Crippen molar-refractivity contribution in [2.75, 3.05) is 11.4 Å². The largest absolute Gasteiger partial charge is 0.312 e. The van der Waals surface area contributed by atoms with E-state index in [9.17, 15) is 4.79 Å². The van der Waals surface area contributed by atoms with Crippen LogP contribution in [0, 0.1) is 5.92 Å². The molecule has 0 unspecified atom stereocenters. The zero-order valence-electron chi connectivity index (χ0n) is 11.3. The van der Waals surface area contributed by atoms with Crippen LogP contribution in [0.3, 0.4) is 0 Å². The van der Waals surface area contributed by atoms with Gasteiger partial charge in [0.25, 0.3) is 0 Å². The molecule has 0 bridgehead atoms. The van der Waals surface area contributed by atoms with Crippen LogP contribution >= 0.6 is 0 Å². The van der Waals surface area contributed by atoms with Gasteiger partial charge in [0, 0.05) is 18.2 Å². The number of nitrogens with zero attached hydrogens (tertiary/aromatic N) is 1. The molecule has 0 heterocycles. The van der Waals surface area contributed by atoms with Gasteiger partial charge in [0.05, 0.1) is 0 Å². The van der Waals surface area contributed by atoms with Crippen LogP contribution in [0.2, 0.25) is 0 Å². The van der Waals surface area contributed by atoms with E-state index in [1.54, 1.807) is 0 Å². The van der Waals surface area contributed by atoms with E-state index in [-0.39, 0.29) is 5.92 Å². The number of rotatable bonds is 4. The number of benzene rings is 1. The fourth-order valence-corrected chi connectivity index (χ4v) is 2.77. The van der Waals surface area contributed by atoms with E-state index >= 15 is 0 Å². The van der Waals surface area contributed by atoms with Gasteiger partial charge >= 0.3 is 0 Å². The molecule has 1 aromatic rings. The molecule has 98 valence electrons. The first kappa shape index (κ1) is 13.1.